The molecule has 0 unspecified atom stereocenters. The lowest BCUT2D eigenvalue weighted by atomic mass is 10.1. The van der Waals surface area contributed by atoms with Crippen molar-refractivity contribution in [3.05, 3.63) is 88.4 Å². The molecule has 0 bridgehead atoms. The second-order valence-corrected chi connectivity index (χ2v) is 6.91. The van der Waals surface area contributed by atoms with Crippen molar-refractivity contribution >= 4 is 29.2 Å². The van der Waals surface area contributed by atoms with Gasteiger partial charge < -0.3 is 15.2 Å². The quantitative estimate of drug-likeness (QED) is 0.481. The number of halogens is 4. The lowest BCUT2D eigenvalue weighted by Gasteiger charge is -2.19. The summed E-state index contributed by atoms with van der Waals surface area (Å²) in [6.07, 6.45) is -5.06. The number of aromatic carboxylic acids is 1. The smallest absolute Gasteiger partial charge is 0.420 e. The van der Waals surface area contributed by atoms with Gasteiger partial charge in [0.2, 0.25) is 5.91 Å². The predicted octanol–water partition coefficient (Wildman–Crippen LogP) is 6.03. The monoisotopic (exact) mass is 449 g/mol. The standard InChI is InChI=1S/C22H15ClF3NO4/c23-15-6-8-16(9-7-15)31-20-17(22(24,25)26)11-14(21(29)30)12-18(20)27-19(28)10-13-4-2-1-3-5-13/h1-9,11-12H,10H2,(H,27,28)(H,29,30). The summed E-state index contributed by atoms with van der Waals surface area (Å²) in [6.45, 7) is 0. The summed E-state index contributed by atoms with van der Waals surface area (Å²) in [7, 11) is 0. The molecule has 0 aromatic heterocycles. The van der Waals surface area contributed by atoms with Crippen LogP contribution in [0.5, 0.6) is 11.5 Å². The highest BCUT2D eigenvalue weighted by molar-refractivity contribution is 6.30. The highest BCUT2D eigenvalue weighted by Crippen LogP contribution is 2.43. The molecule has 0 atom stereocenters. The molecule has 1 amide bonds. The second kappa shape index (κ2) is 9.09. The Morgan fingerprint density at radius 2 is 1.65 bits per heavy atom. The Balaban J connectivity index is 2.05. The molecule has 3 aromatic carbocycles. The van der Waals surface area contributed by atoms with Crippen LogP contribution in [-0.2, 0) is 17.4 Å². The van der Waals surface area contributed by atoms with Crippen LogP contribution >= 0.6 is 11.6 Å². The zero-order valence-electron chi connectivity index (χ0n) is 15.7. The number of alkyl halides is 3. The third kappa shape index (κ3) is 5.76. The van der Waals surface area contributed by atoms with Crippen molar-refractivity contribution in [1.82, 2.24) is 0 Å². The Bertz CT molecular complexity index is 1100. The van der Waals surface area contributed by atoms with Crippen molar-refractivity contribution in [1.29, 1.82) is 0 Å². The molecule has 0 fully saturated rings. The first-order chi connectivity index (χ1) is 14.6. The van der Waals surface area contributed by atoms with Crippen LogP contribution in [-0.4, -0.2) is 17.0 Å². The average Bonchev–Trinajstić information content (AvgIpc) is 2.70. The van der Waals surface area contributed by atoms with E-state index in [1.807, 2.05) is 0 Å². The highest BCUT2D eigenvalue weighted by Gasteiger charge is 2.37. The number of amides is 1. The molecule has 160 valence electrons. The van der Waals surface area contributed by atoms with Gasteiger partial charge in [-0.15, -0.1) is 0 Å². The van der Waals surface area contributed by atoms with E-state index in [-0.39, 0.29) is 12.2 Å². The molecule has 9 heteroatoms. The number of nitrogens with one attached hydrogen (secondary N) is 1. The van der Waals surface area contributed by atoms with Gasteiger partial charge in [-0.05, 0) is 42.0 Å². The van der Waals surface area contributed by atoms with Gasteiger partial charge in [0.1, 0.15) is 11.3 Å². The van der Waals surface area contributed by atoms with Crippen molar-refractivity contribution in [2.24, 2.45) is 0 Å². The second-order valence-electron chi connectivity index (χ2n) is 6.47. The minimum atomic E-state index is -4.94. The molecule has 0 radical (unpaired) electrons. The first kappa shape index (κ1) is 22.2. The van der Waals surface area contributed by atoms with Gasteiger partial charge in [-0.25, -0.2) is 4.79 Å². The molecular weight excluding hydrogens is 435 g/mol. The number of ether oxygens (including phenoxy) is 1. The van der Waals surface area contributed by atoms with Crippen LogP contribution in [0, 0.1) is 0 Å². The van der Waals surface area contributed by atoms with Gasteiger partial charge in [0.05, 0.1) is 17.7 Å². The lowest BCUT2D eigenvalue weighted by Crippen LogP contribution is -2.18. The summed E-state index contributed by atoms with van der Waals surface area (Å²) in [5, 5.41) is 11.9. The molecule has 3 rings (SSSR count). The molecule has 2 N–H and O–H groups in total. The maximum absolute atomic E-state index is 13.7. The lowest BCUT2D eigenvalue weighted by molar-refractivity contribution is -0.138. The fourth-order valence-corrected chi connectivity index (χ4v) is 2.89. The van der Waals surface area contributed by atoms with Gasteiger partial charge in [0.25, 0.3) is 0 Å². The Labute approximate surface area is 180 Å². The first-order valence-electron chi connectivity index (χ1n) is 8.89. The van der Waals surface area contributed by atoms with E-state index < -0.39 is 40.6 Å². The van der Waals surface area contributed by atoms with E-state index in [1.165, 1.54) is 24.3 Å². The molecule has 3 aromatic rings. The van der Waals surface area contributed by atoms with Gasteiger partial charge >= 0.3 is 12.1 Å². The van der Waals surface area contributed by atoms with E-state index in [9.17, 15) is 27.9 Å². The SMILES string of the molecule is O=C(Cc1ccccc1)Nc1cc(C(=O)O)cc(C(F)(F)F)c1Oc1ccc(Cl)cc1. The first-order valence-corrected chi connectivity index (χ1v) is 9.27. The van der Waals surface area contributed by atoms with E-state index in [0.717, 1.165) is 6.07 Å². The van der Waals surface area contributed by atoms with Gasteiger partial charge in [-0.3, -0.25) is 4.79 Å². The van der Waals surface area contributed by atoms with Crippen molar-refractivity contribution < 1.29 is 32.6 Å². The molecule has 0 aliphatic heterocycles. The van der Waals surface area contributed by atoms with Crippen LogP contribution in [0.3, 0.4) is 0 Å². The van der Waals surface area contributed by atoms with E-state index in [1.54, 1.807) is 30.3 Å². The predicted molar refractivity (Wildman–Crippen MR) is 109 cm³/mol. The third-order valence-corrected chi connectivity index (χ3v) is 4.41. The van der Waals surface area contributed by atoms with Gasteiger partial charge in [0, 0.05) is 5.02 Å². The number of hydrogen-bond donors (Lipinski definition) is 2. The molecule has 0 aliphatic rings. The van der Waals surface area contributed by atoms with Crippen LogP contribution in [0.2, 0.25) is 5.02 Å². The largest absolute Gasteiger partial charge is 0.478 e. The number of carbonyl (C=O) groups is 2. The van der Waals surface area contributed by atoms with Crippen molar-refractivity contribution in [2.75, 3.05) is 5.32 Å². The zero-order chi connectivity index (χ0) is 22.6. The Hall–Kier alpha value is -3.52. The number of benzene rings is 3. The molecule has 0 heterocycles. The van der Waals surface area contributed by atoms with E-state index >= 15 is 0 Å². The van der Waals surface area contributed by atoms with Crippen molar-refractivity contribution in [3.63, 3.8) is 0 Å². The zero-order valence-corrected chi connectivity index (χ0v) is 16.5. The third-order valence-electron chi connectivity index (χ3n) is 4.16. The van der Waals surface area contributed by atoms with E-state index in [4.69, 9.17) is 16.3 Å². The number of carboxylic acids is 1. The van der Waals surface area contributed by atoms with E-state index in [2.05, 4.69) is 5.32 Å². The number of carbonyl (C=O) groups excluding carboxylic acids is 1. The molecule has 0 saturated carbocycles. The fraction of sp³-hybridized carbons (Fsp3) is 0.0909. The Morgan fingerprint density at radius 3 is 2.23 bits per heavy atom. The van der Waals surface area contributed by atoms with Crippen LogP contribution in [0.1, 0.15) is 21.5 Å². The number of carboxylic acid groups (broad SMARTS) is 1. The minimum Gasteiger partial charge on any atom is -0.478 e. The molecule has 0 spiro atoms. The van der Waals surface area contributed by atoms with Crippen LogP contribution in [0.15, 0.2) is 66.7 Å². The summed E-state index contributed by atoms with van der Waals surface area (Å²) >= 11 is 5.79. The summed E-state index contributed by atoms with van der Waals surface area (Å²) in [6, 6.07) is 15.5. The minimum absolute atomic E-state index is 0.0246. The number of rotatable bonds is 6. The molecule has 0 saturated heterocycles. The molecule has 31 heavy (non-hydrogen) atoms. The summed E-state index contributed by atoms with van der Waals surface area (Å²) in [5.74, 6) is -2.91. The van der Waals surface area contributed by atoms with E-state index in [0.29, 0.717) is 16.7 Å². The maximum Gasteiger partial charge on any atom is 0.420 e. The molecule has 5 nitrogen and oxygen atoms in total. The average molecular weight is 450 g/mol. The van der Waals surface area contributed by atoms with Crippen LogP contribution in [0.25, 0.3) is 0 Å². The summed E-state index contributed by atoms with van der Waals surface area (Å²) < 4.78 is 46.6. The van der Waals surface area contributed by atoms with Gasteiger partial charge in [0.15, 0.2) is 5.75 Å². The summed E-state index contributed by atoms with van der Waals surface area (Å²) in [4.78, 5) is 23.8. The van der Waals surface area contributed by atoms with Crippen LogP contribution in [0.4, 0.5) is 18.9 Å². The van der Waals surface area contributed by atoms with Crippen LogP contribution < -0.4 is 10.1 Å². The topological polar surface area (TPSA) is 75.6 Å². The highest BCUT2D eigenvalue weighted by atomic mass is 35.5. The van der Waals surface area contributed by atoms with Gasteiger partial charge in [-0.2, -0.15) is 13.2 Å². The fourth-order valence-electron chi connectivity index (χ4n) is 2.76. The Kier molecular flexibility index (Phi) is 6.50. The van der Waals surface area contributed by atoms with Crippen molar-refractivity contribution in [2.45, 2.75) is 12.6 Å². The summed E-state index contributed by atoms with van der Waals surface area (Å²) in [5.41, 5.74) is -1.77. The number of hydrogen-bond acceptors (Lipinski definition) is 3. The Morgan fingerprint density at radius 1 is 1.00 bits per heavy atom. The normalized spacial score (nSPS) is 11.1. The molecule has 0 aliphatic carbocycles. The molecular formula is C22H15ClF3NO4. The van der Waals surface area contributed by atoms with Crippen molar-refractivity contribution in [3.8, 4) is 11.5 Å². The number of anilines is 1. The van der Waals surface area contributed by atoms with Gasteiger partial charge in [-0.1, -0.05) is 41.9 Å². The maximum atomic E-state index is 13.7.